The Labute approximate surface area is 71.4 Å². The summed E-state index contributed by atoms with van der Waals surface area (Å²) in [5.41, 5.74) is 4.95. The average molecular weight is 184 g/mol. The smallest absolute Gasteiger partial charge is 0.343 e. The summed E-state index contributed by atoms with van der Waals surface area (Å²) in [5.74, 6) is 0.0366. The normalized spacial score (nSPS) is 11.6. The predicted molar refractivity (Wildman–Crippen MR) is 49.4 cm³/mol. The van der Waals surface area contributed by atoms with Crippen molar-refractivity contribution in [3.8, 4) is 0 Å². The third kappa shape index (κ3) is 1.70. The molecule has 2 N–H and O–H groups in total. The molecule has 0 aliphatic carbocycles. The molecule has 0 saturated heterocycles. The van der Waals surface area contributed by atoms with Crippen molar-refractivity contribution in [1.82, 2.24) is 14.2 Å². The van der Waals surface area contributed by atoms with Crippen LogP contribution in [0.3, 0.4) is 0 Å². The number of nitrogens with zero attached hydrogens (tertiary/aromatic N) is 3. The molecule has 0 fully saturated rings. The van der Waals surface area contributed by atoms with E-state index >= 15 is 0 Å². The van der Waals surface area contributed by atoms with Crippen LogP contribution in [0.2, 0.25) is 19.6 Å². The summed E-state index contributed by atoms with van der Waals surface area (Å²) in [5, 5.41) is 0. The molecule has 1 aromatic heterocycles. The van der Waals surface area contributed by atoms with E-state index in [1.807, 2.05) is 19.6 Å². The number of hydrogen-bond donors (Lipinski definition) is 1. The van der Waals surface area contributed by atoms with Crippen molar-refractivity contribution in [1.29, 1.82) is 0 Å². The van der Waals surface area contributed by atoms with Crippen LogP contribution in [0.25, 0.3) is 0 Å². The van der Waals surface area contributed by atoms with Gasteiger partial charge in [0.05, 0.1) is 6.33 Å². The Morgan fingerprint density at radius 3 is 2.50 bits per heavy atom. The Morgan fingerprint density at radius 1 is 1.50 bits per heavy atom. The highest BCUT2D eigenvalue weighted by Gasteiger charge is 2.18. The average Bonchev–Trinajstić information content (AvgIpc) is 1.83. The van der Waals surface area contributed by atoms with Gasteiger partial charge in [0.15, 0.2) is 8.24 Å². The van der Waals surface area contributed by atoms with Crippen LogP contribution in [0.5, 0.6) is 0 Å². The Balaban J connectivity index is 3.29. The maximum atomic E-state index is 11.3. The first-order valence-corrected chi connectivity index (χ1v) is 7.07. The summed E-state index contributed by atoms with van der Waals surface area (Å²) in [6.07, 6.45) is 1.47. The van der Waals surface area contributed by atoms with E-state index in [2.05, 4.69) is 9.97 Å². The maximum absolute atomic E-state index is 11.3. The SMILES string of the molecule is C[Si](C)(C)n1cnc(N)nc1=O. The van der Waals surface area contributed by atoms with Gasteiger partial charge in [-0.2, -0.15) is 4.98 Å². The molecule has 0 atom stereocenters. The monoisotopic (exact) mass is 184 g/mol. The second-order valence-electron chi connectivity index (χ2n) is 3.54. The molecule has 1 heterocycles. The first-order valence-electron chi connectivity index (χ1n) is 3.63. The van der Waals surface area contributed by atoms with Crippen LogP contribution in [0.15, 0.2) is 11.1 Å². The molecule has 0 aliphatic heterocycles. The number of nitrogen functional groups attached to an aromatic ring is 1. The lowest BCUT2D eigenvalue weighted by Crippen LogP contribution is -2.42. The molecule has 1 rings (SSSR count). The standard InChI is InChI=1S/C6H12N4OSi/c1-12(2,3)10-4-8-5(7)9-6(10)11/h4H,1-3H3,(H2,7,9,11). The van der Waals surface area contributed by atoms with Crippen LogP contribution in [-0.4, -0.2) is 22.4 Å². The van der Waals surface area contributed by atoms with Gasteiger partial charge < -0.3 is 9.97 Å². The molecule has 5 nitrogen and oxygen atoms in total. The number of rotatable bonds is 1. The molecular formula is C6H12N4OSi. The Bertz CT molecular complexity index is 340. The molecule has 1 aromatic rings. The number of anilines is 1. The second-order valence-corrected chi connectivity index (χ2v) is 8.36. The van der Waals surface area contributed by atoms with Crippen LogP contribution in [0.1, 0.15) is 0 Å². The maximum Gasteiger partial charge on any atom is 0.343 e. The fourth-order valence-electron chi connectivity index (χ4n) is 0.807. The molecule has 0 aliphatic rings. The summed E-state index contributed by atoms with van der Waals surface area (Å²) >= 11 is 0. The van der Waals surface area contributed by atoms with Gasteiger partial charge in [-0.05, 0) is 0 Å². The van der Waals surface area contributed by atoms with Crippen molar-refractivity contribution < 1.29 is 0 Å². The van der Waals surface area contributed by atoms with Crippen molar-refractivity contribution in [3.05, 3.63) is 16.8 Å². The van der Waals surface area contributed by atoms with E-state index in [1.165, 1.54) is 6.33 Å². The lowest BCUT2D eigenvalue weighted by Gasteiger charge is -2.17. The fourth-order valence-corrected chi connectivity index (χ4v) is 1.84. The minimum Gasteiger partial charge on any atom is -0.368 e. The Hall–Kier alpha value is -1.17. The van der Waals surface area contributed by atoms with E-state index in [9.17, 15) is 4.79 Å². The Morgan fingerprint density at radius 2 is 2.08 bits per heavy atom. The zero-order chi connectivity index (χ0) is 9.35. The molecule has 0 unspecified atom stereocenters. The molecule has 0 bridgehead atoms. The molecular weight excluding hydrogens is 172 g/mol. The van der Waals surface area contributed by atoms with Crippen molar-refractivity contribution >= 4 is 14.2 Å². The summed E-state index contributed by atoms with van der Waals surface area (Å²) in [6.45, 7) is 6.11. The third-order valence-electron chi connectivity index (χ3n) is 1.44. The van der Waals surface area contributed by atoms with Gasteiger partial charge in [-0.25, -0.2) is 9.78 Å². The Kier molecular flexibility index (Phi) is 2.01. The van der Waals surface area contributed by atoms with E-state index in [0.29, 0.717) is 0 Å². The van der Waals surface area contributed by atoms with E-state index < -0.39 is 8.24 Å². The quantitative estimate of drug-likeness (QED) is 0.619. The van der Waals surface area contributed by atoms with E-state index in [0.717, 1.165) is 0 Å². The van der Waals surface area contributed by atoms with Crippen molar-refractivity contribution in [2.24, 2.45) is 0 Å². The predicted octanol–water partition coefficient (Wildman–Crippen LogP) is -0.0965. The van der Waals surface area contributed by atoms with Crippen molar-refractivity contribution in [2.45, 2.75) is 19.6 Å². The van der Waals surface area contributed by atoms with E-state index in [4.69, 9.17) is 5.73 Å². The summed E-state index contributed by atoms with van der Waals surface area (Å²) in [7, 11) is -1.68. The molecule has 12 heavy (non-hydrogen) atoms. The summed E-state index contributed by atoms with van der Waals surface area (Å²) in [4.78, 5) is 18.6. The zero-order valence-corrected chi connectivity index (χ0v) is 8.40. The van der Waals surface area contributed by atoms with Gasteiger partial charge in [0.25, 0.3) is 0 Å². The van der Waals surface area contributed by atoms with Crippen LogP contribution in [-0.2, 0) is 0 Å². The number of hydrogen-bond acceptors (Lipinski definition) is 4. The topological polar surface area (TPSA) is 73.8 Å². The minimum atomic E-state index is -1.68. The lowest BCUT2D eigenvalue weighted by atomic mass is 11.0. The molecule has 0 aromatic carbocycles. The summed E-state index contributed by atoms with van der Waals surface area (Å²) in [6, 6.07) is 0. The molecule has 0 radical (unpaired) electrons. The third-order valence-corrected chi connectivity index (χ3v) is 3.20. The summed E-state index contributed by atoms with van der Waals surface area (Å²) < 4.78 is 1.57. The van der Waals surface area contributed by atoms with Crippen LogP contribution >= 0.6 is 0 Å². The fraction of sp³-hybridized carbons (Fsp3) is 0.500. The van der Waals surface area contributed by atoms with Crippen LogP contribution in [0.4, 0.5) is 5.95 Å². The van der Waals surface area contributed by atoms with Gasteiger partial charge in [-0.15, -0.1) is 0 Å². The molecule has 6 heteroatoms. The van der Waals surface area contributed by atoms with Gasteiger partial charge in [0.1, 0.15) is 0 Å². The van der Waals surface area contributed by atoms with Gasteiger partial charge in [-0.1, -0.05) is 19.6 Å². The largest absolute Gasteiger partial charge is 0.368 e. The first kappa shape index (κ1) is 8.92. The second kappa shape index (κ2) is 2.70. The number of aromatic nitrogens is 3. The molecule has 0 amide bonds. The van der Waals surface area contributed by atoms with Gasteiger partial charge in [0.2, 0.25) is 5.95 Å². The highest BCUT2D eigenvalue weighted by Crippen LogP contribution is 2.00. The zero-order valence-electron chi connectivity index (χ0n) is 7.40. The van der Waals surface area contributed by atoms with Gasteiger partial charge >= 0.3 is 5.69 Å². The highest BCUT2D eigenvalue weighted by atomic mass is 28.3. The van der Waals surface area contributed by atoms with Crippen LogP contribution in [0, 0.1) is 0 Å². The van der Waals surface area contributed by atoms with E-state index in [-0.39, 0.29) is 11.6 Å². The van der Waals surface area contributed by atoms with E-state index in [1.54, 1.807) is 4.23 Å². The molecule has 0 spiro atoms. The lowest BCUT2D eigenvalue weighted by molar-refractivity contribution is 0.906. The van der Waals surface area contributed by atoms with Crippen molar-refractivity contribution in [3.63, 3.8) is 0 Å². The first-order chi connectivity index (χ1) is 5.41. The minimum absolute atomic E-state index is 0.0366. The van der Waals surface area contributed by atoms with Gasteiger partial charge in [-0.3, -0.25) is 0 Å². The van der Waals surface area contributed by atoms with Gasteiger partial charge in [0, 0.05) is 0 Å². The number of nitrogens with two attached hydrogens (primary N) is 1. The molecule has 66 valence electrons. The van der Waals surface area contributed by atoms with Crippen LogP contribution < -0.4 is 11.4 Å². The van der Waals surface area contributed by atoms with Crippen molar-refractivity contribution in [2.75, 3.05) is 5.73 Å². The highest BCUT2D eigenvalue weighted by molar-refractivity contribution is 6.74. The molecule has 0 saturated carbocycles.